The second-order valence-corrected chi connectivity index (χ2v) is 9.39. The van der Waals surface area contributed by atoms with Crippen LogP contribution in [0.1, 0.15) is 73.4 Å². The van der Waals surface area contributed by atoms with E-state index in [-0.39, 0.29) is 5.79 Å². The van der Waals surface area contributed by atoms with Crippen LogP contribution >= 0.6 is 0 Å². The lowest BCUT2D eigenvalue weighted by atomic mass is 9.81. The second-order valence-electron chi connectivity index (χ2n) is 9.39. The summed E-state index contributed by atoms with van der Waals surface area (Å²) < 4.78 is 23.5. The highest BCUT2D eigenvalue weighted by molar-refractivity contribution is 5.40. The van der Waals surface area contributed by atoms with E-state index in [9.17, 15) is 0 Å². The first-order valence-electron chi connectivity index (χ1n) is 12.0. The largest absolute Gasteiger partial charge is 0.497 e. The van der Waals surface area contributed by atoms with Gasteiger partial charge in [0.2, 0.25) is 5.88 Å². The van der Waals surface area contributed by atoms with Crippen LogP contribution in [-0.4, -0.2) is 42.7 Å². The second kappa shape index (κ2) is 8.99. The summed E-state index contributed by atoms with van der Waals surface area (Å²) >= 11 is 0. The third kappa shape index (κ3) is 4.35. The van der Waals surface area contributed by atoms with Gasteiger partial charge < -0.3 is 18.9 Å². The smallest absolute Gasteiger partial charge is 0.220 e. The fourth-order valence-corrected chi connectivity index (χ4v) is 5.38. The zero-order chi connectivity index (χ0) is 22.1. The number of benzene rings is 1. The van der Waals surface area contributed by atoms with Crippen LogP contribution < -0.4 is 9.47 Å². The third-order valence-corrected chi connectivity index (χ3v) is 7.39. The van der Waals surface area contributed by atoms with Gasteiger partial charge in [0.15, 0.2) is 5.79 Å². The van der Waals surface area contributed by atoms with Crippen LogP contribution in [0.3, 0.4) is 0 Å². The molecule has 32 heavy (non-hydrogen) atoms. The molecule has 1 saturated heterocycles. The zero-order valence-electron chi connectivity index (χ0n) is 19.4. The van der Waals surface area contributed by atoms with Crippen molar-refractivity contribution in [2.75, 3.05) is 26.9 Å². The van der Waals surface area contributed by atoms with Crippen LogP contribution in [-0.2, 0) is 15.9 Å². The summed E-state index contributed by atoms with van der Waals surface area (Å²) in [5.74, 6) is 3.60. The number of nitrogens with zero attached hydrogens (tertiary/aromatic N) is 2. The molecule has 0 bridgehead atoms. The summed E-state index contributed by atoms with van der Waals surface area (Å²) in [6.45, 7) is 6.26. The summed E-state index contributed by atoms with van der Waals surface area (Å²) in [5.41, 5.74) is 3.96. The molecule has 3 fully saturated rings. The lowest BCUT2D eigenvalue weighted by Gasteiger charge is -2.35. The first-order valence-corrected chi connectivity index (χ1v) is 12.0. The SMILES string of the molecule is CCc1cc(OC)ccc1C1CC1COc1nc(C)ncc1C1CCC2(CC1)OCCO2. The number of aryl methyl sites for hydroxylation is 2. The fourth-order valence-electron chi connectivity index (χ4n) is 5.38. The molecule has 1 aromatic carbocycles. The molecular weight excluding hydrogens is 404 g/mol. The van der Waals surface area contributed by atoms with Crippen LogP contribution in [0.2, 0.25) is 0 Å². The van der Waals surface area contributed by atoms with E-state index < -0.39 is 0 Å². The normalized spacial score (nSPS) is 24.6. The average Bonchev–Trinajstić information content (AvgIpc) is 3.46. The first kappa shape index (κ1) is 21.7. The molecule has 5 rings (SSSR count). The van der Waals surface area contributed by atoms with Gasteiger partial charge in [0, 0.05) is 30.5 Å². The number of hydrogen-bond acceptors (Lipinski definition) is 6. The Hall–Kier alpha value is -2.18. The molecule has 0 radical (unpaired) electrons. The Morgan fingerprint density at radius 3 is 2.62 bits per heavy atom. The molecule has 1 aliphatic heterocycles. The highest BCUT2D eigenvalue weighted by atomic mass is 16.7. The maximum Gasteiger partial charge on any atom is 0.220 e. The monoisotopic (exact) mass is 438 g/mol. The number of rotatable bonds is 7. The Bertz CT molecular complexity index is 947. The minimum Gasteiger partial charge on any atom is -0.497 e. The van der Waals surface area contributed by atoms with Gasteiger partial charge in [0.1, 0.15) is 11.6 Å². The van der Waals surface area contributed by atoms with Crippen LogP contribution in [0.15, 0.2) is 24.4 Å². The molecule has 2 aromatic rings. The summed E-state index contributed by atoms with van der Waals surface area (Å²) in [5, 5.41) is 0. The molecule has 1 aromatic heterocycles. The molecule has 1 spiro atoms. The maximum absolute atomic E-state index is 6.34. The fraction of sp³-hybridized carbons (Fsp3) is 0.615. The van der Waals surface area contributed by atoms with Crippen LogP contribution in [0.4, 0.5) is 0 Å². The van der Waals surface area contributed by atoms with Crippen molar-refractivity contribution in [3.63, 3.8) is 0 Å². The van der Waals surface area contributed by atoms with Crippen LogP contribution in [0.25, 0.3) is 0 Å². The Kier molecular flexibility index (Phi) is 6.08. The minimum absolute atomic E-state index is 0.348. The van der Waals surface area contributed by atoms with Gasteiger partial charge in [-0.2, -0.15) is 4.98 Å². The number of hydrogen-bond donors (Lipinski definition) is 0. The van der Waals surface area contributed by atoms with Crippen molar-refractivity contribution in [3.05, 3.63) is 46.9 Å². The van der Waals surface area contributed by atoms with Gasteiger partial charge >= 0.3 is 0 Å². The van der Waals surface area contributed by atoms with Crippen molar-refractivity contribution in [2.24, 2.45) is 5.92 Å². The van der Waals surface area contributed by atoms with Gasteiger partial charge in [-0.3, -0.25) is 0 Å². The van der Waals surface area contributed by atoms with Crippen molar-refractivity contribution < 1.29 is 18.9 Å². The van der Waals surface area contributed by atoms with E-state index in [1.165, 1.54) is 17.5 Å². The van der Waals surface area contributed by atoms with E-state index in [1.807, 2.05) is 13.1 Å². The Labute approximate surface area is 190 Å². The van der Waals surface area contributed by atoms with Gasteiger partial charge in [-0.25, -0.2) is 4.98 Å². The molecule has 0 N–H and O–H groups in total. The number of methoxy groups -OCH3 is 1. The van der Waals surface area contributed by atoms with Crippen LogP contribution in [0, 0.1) is 12.8 Å². The summed E-state index contributed by atoms with van der Waals surface area (Å²) in [6, 6.07) is 6.48. The van der Waals surface area contributed by atoms with Gasteiger partial charge in [-0.15, -0.1) is 0 Å². The van der Waals surface area contributed by atoms with E-state index in [0.29, 0.717) is 37.6 Å². The predicted molar refractivity (Wildman–Crippen MR) is 121 cm³/mol. The first-order chi connectivity index (χ1) is 15.6. The average molecular weight is 439 g/mol. The molecule has 2 aliphatic carbocycles. The molecule has 0 amide bonds. The van der Waals surface area contributed by atoms with E-state index in [4.69, 9.17) is 18.9 Å². The van der Waals surface area contributed by atoms with E-state index in [2.05, 4.69) is 35.1 Å². The molecule has 2 unspecified atom stereocenters. The van der Waals surface area contributed by atoms with Crippen molar-refractivity contribution in [2.45, 2.75) is 70.0 Å². The molecule has 172 valence electrons. The summed E-state index contributed by atoms with van der Waals surface area (Å²) in [6.07, 6.45) is 8.03. The maximum atomic E-state index is 6.34. The predicted octanol–water partition coefficient (Wildman–Crippen LogP) is 4.94. The van der Waals surface area contributed by atoms with Crippen molar-refractivity contribution in [1.82, 2.24) is 9.97 Å². The van der Waals surface area contributed by atoms with Gasteiger partial charge in [0.05, 0.1) is 26.9 Å². The Balaban J connectivity index is 1.24. The van der Waals surface area contributed by atoms with Crippen molar-refractivity contribution in [1.29, 1.82) is 0 Å². The molecule has 2 heterocycles. The molecule has 2 saturated carbocycles. The lowest BCUT2D eigenvalue weighted by Crippen LogP contribution is -2.34. The molecular formula is C26H34N2O4. The quantitative estimate of drug-likeness (QED) is 0.610. The van der Waals surface area contributed by atoms with Crippen molar-refractivity contribution >= 4 is 0 Å². The summed E-state index contributed by atoms with van der Waals surface area (Å²) in [7, 11) is 1.73. The van der Waals surface area contributed by atoms with E-state index in [1.54, 1.807) is 7.11 Å². The lowest BCUT2D eigenvalue weighted by molar-refractivity contribution is -0.178. The Morgan fingerprint density at radius 1 is 1.12 bits per heavy atom. The molecule has 6 nitrogen and oxygen atoms in total. The standard InChI is InChI=1S/C26H34N2O4/c1-4-18-13-21(29-3)5-6-22(18)23-14-20(23)16-30-25-24(15-27-17(2)28-25)19-7-9-26(10-8-19)31-11-12-32-26/h5-6,13,15,19-20,23H,4,7-12,14,16H2,1-3H3. The van der Waals surface area contributed by atoms with Crippen LogP contribution in [0.5, 0.6) is 11.6 Å². The molecule has 2 atom stereocenters. The van der Waals surface area contributed by atoms with Gasteiger partial charge in [-0.1, -0.05) is 13.0 Å². The topological polar surface area (TPSA) is 62.7 Å². The number of aromatic nitrogens is 2. The van der Waals surface area contributed by atoms with Gasteiger partial charge in [-0.05, 0) is 67.7 Å². The summed E-state index contributed by atoms with van der Waals surface area (Å²) in [4.78, 5) is 9.16. The Morgan fingerprint density at radius 2 is 1.91 bits per heavy atom. The van der Waals surface area contributed by atoms with E-state index >= 15 is 0 Å². The molecule has 3 aliphatic rings. The molecule has 6 heteroatoms. The minimum atomic E-state index is -0.348. The highest BCUT2D eigenvalue weighted by Crippen LogP contribution is 2.50. The van der Waals surface area contributed by atoms with E-state index in [0.717, 1.165) is 55.1 Å². The van der Waals surface area contributed by atoms with Gasteiger partial charge in [0.25, 0.3) is 0 Å². The van der Waals surface area contributed by atoms with Crippen molar-refractivity contribution in [3.8, 4) is 11.6 Å². The highest BCUT2D eigenvalue weighted by Gasteiger charge is 2.42. The number of ether oxygens (including phenoxy) is 4. The zero-order valence-corrected chi connectivity index (χ0v) is 19.4. The third-order valence-electron chi connectivity index (χ3n) is 7.39.